The topological polar surface area (TPSA) is 67.4 Å². The zero-order chi connectivity index (χ0) is 19.8. The molecule has 3 aromatic carbocycles. The van der Waals surface area contributed by atoms with Crippen molar-refractivity contribution in [3.8, 4) is 5.75 Å². The van der Waals surface area contributed by atoms with Crippen LogP contribution < -0.4 is 14.8 Å². The lowest BCUT2D eigenvalue weighted by Crippen LogP contribution is -2.17. The molecule has 3 rings (SSSR count). The Morgan fingerprint density at radius 2 is 1.36 bits per heavy atom. The van der Waals surface area contributed by atoms with E-state index >= 15 is 0 Å². The molecule has 0 radical (unpaired) electrons. The summed E-state index contributed by atoms with van der Waals surface area (Å²) in [6, 6.07) is 24.7. The highest BCUT2D eigenvalue weighted by Gasteiger charge is 2.10. The number of methoxy groups -OCH3 is 1. The summed E-state index contributed by atoms with van der Waals surface area (Å²) in [6.45, 7) is 0. The van der Waals surface area contributed by atoms with Gasteiger partial charge in [0.2, 0.25) is 10.0 Å². The van der Waals surface area contributed by atoms with E-state index in [1.165, 1.54) is 0 Å². The van der Waals surface area contributed by atoms with Crippen molar-refractivity contribution in [3.05, 3.63) is 84.4 Å². The Hall–Kier alpha value is -2.99. The summed E-state index contributed by atoms with van der Waals surface area (Å²) < 4.78 is 32.4. The molecule has 0 aliphatic rings. The number of rotatable bonds is 9. The summed E-state index contributed by atoms with van der Waals surface area (Å²) in [5.41, 5.74) is 3.50. The third-order valence-electron chi connectivity index (χ3n) is 4.26. The molecule has 146 valence electrons. The van der Waals surface area contributed by atoms with Gasteiger partial charge in [0.25, 0.3) is 0 Å². The van der Waals surface area contributed by atoms with Crippen molar-refractivity contribution in [2.24, 2.45) is 0 Å². The van der Waals surface area contributed by atoms with E-state index in [-0.39, 0.29) is 5.75 Å². The molecule has 5 nitrogen and oxygen atoms in total. The predicted octanol–water partition coefficient (Wildman–Crippen LogP) is 4.81. The Balaban J connectivity index is 1.52. The molecule has 0 fully saturated rings. The van der Waals surface area contributed by atoms with Gasteiger partial charge in [-0.05, 0) is 66.9 Å². The molecule has 0 saturated carbocycles. The summed E-state index contributed by atoms with van der Waals surface area (Å²) in [4.78, 5) is 0. The minimum atomic E-state index is -3.37. The molecule has 0 atom stereocenters. The summed E-state index contributed by atoms with van der Waals surface area (Å²) >= 11 is 0. The van der Waals surface area contributed by atoms with Gasteiger partial charge in [0, 0.05) is 17.1 Å². The molecule has 28 heavy (non-hydrogen) atoms. The van der Waals surface area contributed by atoms with E-state index < -0.39 is 10.0 Å². The van der Waals surface area contributed by atoms with E-state index in [2.05, 4.69) is 10.0 Å². The van der Waals surface area contributed by atoms with Gasteiger partial charge < -0.3 is 10.1 Å². The van der Waals surface area contributed by atoms with Crippen LogP contribution in [0.1, 0.15) is 12.0 Å². The summed E-state index contributed by atoms with van der Waals surface area (Å²) in [5, 5.41) is 3.26. The zero-order valence-corrected chi connectivity index (χ0v) is 16.6. The van der Waals surface area contributed by atoms with Crippen molar-refractivity contribution in [2.45, 2.75) is 12.8 Å². The molecule has 0 amide bonds. The summed E-state index contributed by atoms with van der Waals surface area (Å²) in [6.07, 6.45) is 1.32. The van der Waals surface area contributed by atoms with Crippen LogP contribution in [-0.4, -0.2) is 21.3 Å². The van der Waals surface area contributed by atoms with Crippen LogP contribution >= 0.6 is 0 Å². The first-order valence-corrected chi connectivity index (χ1v) is 10.7. The quantitative estimate of drug-likeness (QED) is 0.544. The number of aryl methyl sites for hydroxylation is 1. The van der Waals surface area contributed by atoms with Crippen LogP contribution in [-0.2, 0) is 16.4 Å². The number of ether oxygens (including phenoxy) is 1. The van der Waals surface area contributed by atoms with Gasteiger partial charge in [0.15, 0.2) is 0 Å². The third-order valence-corrected chi connectivity index (χ3v) is 5.63. The predicted molar refractivity (Wildman–Crippen MR) is 115 cm³/mol. The maximum Gasteiger partial charge on any atom is 0.232 e. The van der Waals surface area contributed by atoms with E-state index in [9.17, 15) is 8.42 Å². The van der Waals surface area contributed by atoms with Crippen LogP contribution in [0.5, 0.6) is 5.75 Å². The smallest absolute Gasteiger partial charge is 0.232 e. The zero-order valence-electron chi connectivity index (χ0n) is 15.8. The Morgan fingerprint density at radius 3 is 1.96 bits per heavy atom. The van der Waals surface area contributed by atoms with Gasteiger partial charge in [0.1, 0.15) is 5.75 Å². The highest BCUT2D eigenvalue weighted by molar-refractivity contribution is 7.92. The highest BCUT2D eigenvalue weighted by Crippen LogP contribution is 2.21. The van der Waals surface area contributed by atoms with Crippen molar-refractivity contribution >= 4 is 27.1 Å². The number of sulfonamides is 1. The molecule has 0 unspecified atom stereocenters. The van der Waals surface area contributed by atoms with Crippen LogP contribution in [0.15, 0.2) is 78.9 Å². The second-order valence-corrected chi connectivity index (χ2v) is 8.28. The second kappa shape index (κ2) is 9.28. The molecule has 0 bridgehead atoms. The van der Waals surface area contributed by atoms with Crippen molar-refractivity contribution in [1.82, 2.24) is 0 Å². The fourth-order valence-electron chi connectivity index (χ4n) is 2.80. The number of hydrogen-bond acceptors (Lipinski definition) is 4. The number of nitrogens with one attached hydrogen (secondary N) is 2. The van der Waals surface area contributed by atoms with Crippen LogP contribution in [0.25, 0.3) is 0 Å². The summed E-state index contributed by atoms with van der Waals surface area (Å²) in [5.74, 6) is 0.885. The van der Waals surface area contributed by atoms with Gasteiger partial charge in [-0.25, -0.2) is 8.42 Å². The van der Waals surface area contributed by atoms with Crippen molar-refractivity contribution < 1.29 is 13.2 Å². The fraction of sp³-hybridized carbons (Fsp3) is 0.182. The lowest BCUT2D eigenvalue weighted by Gasteiger charge is -2.10. The maximum absolute atomic E-state index is 12.3. The molecule has 2 N–H and O–H groups in total. The van der Waals surface area contributed by atoms with Crippen molar-refractivity contribution in [3.63, 3.8) is 0 Å². The van der Waals surface area contributed by atoms with Gasteiger partial charge in [0.05, 0.1) is 12.9 Å². The molecule has 0 aromatic heterocycles. The SMILES string of the molecule is COc1ccc(Nc2ccc(NS(=O)(=O)CCCc3ccccc3)cc2)cc1. The molecule has 3 aromatic rings. The average Bonchev–Trinajstić information content (AvgIpc) is 2.70. The van der Waals surface area contributed by atoms with Gasteiger partial charge in [-0.15, -0.1) is 0 Å². The Morgan fingerprint density at radius 1 is 0.786 bits per heavy atom. The number of hydrogen-bond donors (Lipinski definition) is 2. The first kappa shape index (κ1) is 19.8. The molecule has 0 saturated heterocycles. The molecular formula is C22H24N2O3S. The second-order valence-electron chi connectivity index (χ2n) is 6.44. The normalized spacial score (nSPS) is 11.0. The van der Waals surface area contributed by atoms with Crippen molar-refractivity contribution in [2.75, 3.05) is 22.9 Å². The molecule has 0 aliphatic heterocycles. The fourth-order valence-corrected chi connectivity index (χ4v) is 3.93. The van der Waals surface area contributed by atoms with Gasteiger partial charge in [-0.3, -0.25) is 4.72 Å². The standard InChI is InChI=1S/C22H24N2O3S/c1-27-22-15-13-20(14-16-22)23-19-9-11-21(12-10-19)24-28(25,26)17-5-8-18-6-3-2-4-7-18/h2-4,6-7,9-16,23-24H,5,8,17H2,1H3. The largest absolute Gasteiger partial charge is 0.497 e. The Kier molecular flexibility index (Phi) is 6.55. The van der Waals surface area contributed by atoms with E-state index in [1.807, 2.05) is 66.7 Å². The van der Waals surface area contributed by atoms with Crippen molar-refractivity contribution in [1.29, 1.82) is 0 Å². The molecule has 0 heterocycles. The van der Waals surface area contributed by atoms with E-state index in [4.69, 9.17) is 4.74 Å². The minimum absolute atomic E-state index is 0.0910. The molecular weight excluding hydrogens is 372 g/mol. The number of anilines is 3. The van der Waals surface area contributed by atoms with Gasteiger partial charge >= 0.3 is 0 Å². The minimum Gasteiger partial charge on any atom is -0.497 e. The lowest BCUT2D eigenvalue weighted by atomic mass is 10.1. The molecule has 6 heteroatoms. The Labute approximate surface area is 166 Å². The highest BCUT2D eigenvalue weighted by atomic mass is 32.2. The third kappa shape index (κ3) is 6.03. The monoisotopic (exact) mass is 396 g/mol. The van der Waals surface area contributed by atoms with Gasteiger partial charge in [-0.1, -0.05) is 30.3 Å². The lowest BCUT2D eigenvalue weighted by molar-refractivity contribution is 0.415. The maximum atomic E-state index is 12.3. The average molecular weight is 397 g/mol. The van der Waals surface area contributed by atoms with Crippen LogP contribution in [0.3, 0.4) is 0 Å². The number of benzene rings is 3. The van der Waals surface area contributed by atoms with Crippen LogP contribution in [0, 0.1) is 0 Å². The van der Waals surface area contributed by atoms with E-state index in [0.717, 1.165) is 29.1 Å². The van der Waals surface area contributed by atoms with E-state index in [1.54, 1.807) is 19.2 Å². The van der Waals surface area contributed by atoms with Crippen LogP contribution in [0.2, 0.25) is 0 Å². The van der Waals surface area contributed by atoms with Crippen LogP contribution in [0.4, 0.5) is 17.1 Å². The Bertz CT molecular complexity index is 971. The van der Waals surface area contributed by atoms with E-state index in [0.29, 0.717) is 12.1 Å². The first-order chi connectivity index (χ1) is 13.5. The molecule has 0 spiro atoms. The first-order valence-electron chi connectivity index (χ1n) is 9.10. The van der Waals surface area contributed by atoms with Gasteiger partial charge in [-0.2, -0.15) is 0 Å². The molecule has 0 aliphatic carbocycles. The summed E-state index contributed by atoms with van der Waals surface area (Å²) in [7, 11) is -1.74.